The molecule has 1 N–H and O–H groups in total. The summed E-state index contributed by atoms with van der Waals surface area (Å²) in [5.41, 5.74) is 0.377. The van der Waals surface area contributed by atoms with Gasteiger partial charge in [-0.25, -0.2) is 8.42 Å². The molecule has 0 aliphatic heterocycles. The predicted molar refractivity (Wildman–Crippen MR) is 81.4 cm³/mol. The molecule has 0 bridgehead atoms. The lowest BCUT2D eigenvalue weighted by molar-refractivity contribution is 0.601. The van der Waals surface area contributed by atoms with Crippen LogP contribution in [0.25, 0.3) is 0 Å². The van der Waals surface area contributed by atoms with Crippen LogP contribution in [0, 0.1) is 0 Å². The third kappa shape index (κ3) is 3.63. The third-order valence-electron chi connectivity index (χ3n) is 2.30. The maximum absolute atomic E-state index is 12.2. The Labute approximate surface area is 129 Å². The highest BCUT2D eigenvalue weighted by atomic mass is 79.9. The van der Waals surface area contributed by atoms with Gasteiger partial charge >= 0.3 is 0 Å². The SMILES string of the molecule is O=S(=O)(Nc1cc(Cl)ccc1Br)c1ccc(Cl)cc1. The van der Waals surface area contributed by atoms with Gasteiger partial charge < -0.3 is 0 Å². The second-order valence-corrected chi connectivity index (χ2v) is 7.09. The summed E-state index contributed by atoms with van der Waals surface area (Å²) < 4.78 is 27.4. The Balaban J connectivity index is 2.36. The van der Waals surface area contributed by atoms with Gasteiger partial charge in [0, 0.05) is 14.5 Å². The van der Waals surface area contributed by atoms with Crippen LogP contribution in [0.5, 0.6) is 0 Å². The molecule has 2 aromatic rings. The van der Waals surface area contributed by atoms with E-state index in [9.17, 15) is 8.42 Å². The largest absolute Gasteiger partial charge is 0.278 e. The molecule has 0 atom stereocenters. The van der Waals surface area contributed by atoms with E-state index in [0.717, 1.165) is 0 Å². The summed E-state index contributed by atoms with van der Waals surface area (Å²) >= 11 is 14.8. The van der Waals surface area contributed by atoms with Gasteiger partial charge in [-0.05, 0) is 58.4 Å². The summed E-state index contributed by atoms with van der Waals surface area (Å²) in [6.07, 6.45) is 0. The lowest BCUT2D eigenvalue weighted by Gasteiger charge is -2.10. The van der Waals surface area contributed by atoms with Gasteiger partial charge in [0.1, 0.15) is 0 Å². The first-order chi connectivity index (χ1) is 8.88. The maximum Gasteiger partial charge on any atom is 0.261 e. The topological polar surface area (TPSA) is 46.2 Å². The molecule has 0 saturated heterocycles. The van der Waals surface area contributed by atoms with E-state index in [1.165, 1.54) is 30.3 Å². The van der Waals surface area contributed by atoms with Crippen molar-refractivity contribution in [2.24, 2.45) is 0 Å². The zero-order chi connectivity index (χ0) is 14.0. The monoisotopic (exact) mass is 379 g/mol. The molecule has 0 unspecified atom stereocenters. The summed E-state index contributed by atoms with van der Waals surface area (Å²) in [6, 6.07) is 10.8. The molecular weight excluding hydrogens is 373 g/mol. The number of hydrogen-bond acceptors (Lipinski definition) is 2. The molecule has 100 valence electrons. The van der Waals surface area contributed by atoms with Gasteiger partial charge in [0.25, 0.3) is 10.0 Å². The van der Waals surface area contributed by atoms with E-state index in [0.29, 0.717) is 20.2 Å². The Kier molecular flexibility index (Phi) is 4.40. The Morgan fingerprint density at radius 1 is 0.947 bits per heavy atom. The summed E-state index contributed by atoms with van der Waals surface area (Å²) in [6.45, 7) is 0. The zero-order valence-corrected chi connectivity index (χ0v) is 13.3. The quantitative estimate of drug-likeness (QED) is 0.848. The first-order valence-corrected chi connectivity index (χ1v) is 8.15. The van der Waals surface area contributed by atoms with E-state index in [4.69, 9.17) is 23.2 Å². The smallest absolute Gasteiger partial charge is 0.261 e. The molecule has 2 aromatic carbocycles. The number of halogens is 3. The molecule has 7 heteroatoms. The Bertz CT molecular complexity index is 702. The Hall–Kier alpha value is -0.750. The van der Waals surface area contributed by atoms with E-state index >= 15 is 0 Å². The first kappa shape index (κ1) is 14.7. The standard InChI is InChI=1S/C12H8BrCl2NO2S/c13-11-6-3-9(15)7-12(11)16-19(17,18)10-4-1-8(14)2-5-10/h1-7,16H. The number of nitrogens with one attached hydrogen (secondary N) is 1. The molecule has 0 aromatic heterocycles. The highest BCUT2D eigenvalue weighted by Crippen LogP contribution is 2.28. The molecule has 3 nitrogen and oxygen atoms in total. The van der Waals surface area contributed by atoms with Crippen LogP contribution in [-0.2, 0) is 10.0 Å². The van der Waals surface area contributed by atoms with Crippen molar-refractivity contribution in [3.05, 3.63) is 57.0 Å². The molecule has 0 spiro atoms. The van der Waals surface area contributed by atoms with Crippen molar-refractivity contribution in [3.63, 3.8) is 0 Å². The van der Waals surface area contributed by atoms with E-state index < -0.39 is 10.0 Å². The summed E-state index contributed by atoms with van der Waals surface area (Å²) in [5, 5.41) is 0.917. The third-order valence-corrected chi connectivity index (χ3v) is 4.86. The van der Waals surface area contributed by atoms with Crippen LogP contribution >= 0.6 is 39.1 Å². The van der Waals surface area contributed by atoms with E-state index in [2.05, 4.69) is 20.7 Å². The second-order valence-electron chi connectivity index (χ2n) is 3.68. The van der Waals surface area contributed by atoms with Crippen molar-refractivity contribution < 1.29 is 8.42 Å². The van der Waals surface area contributed by atoms with Crippen molar-refractivity contribution in [1.29, 1.82) is 0 Å². The molecule has 0 aliphatic carbocycles. The Morgan fingerprint density at radius 3 is 2.16 bits per heavy atom. The molecule has 19 heavy (non-hydrogen) atoms. The fourth-order valence-corrected chi connectivity index (χ4v) is 3.24. The van der Waals surface area contributed by atoms with Crippen LogP contribution in [0.4, 0.5) is 5.69 Å². The van der Waals surface area contributed by atoms with Crippen molar-refractivity contribution in [2.45, 2.75) is 4.90 Å². The van der Waals surface area contributed by atoms with Crippen LogP contribution in [0.1, 0.15) is 0 Å². The molecule has 0 heterocycles. The normalized spacial score (nSPS) is 11.3. The highest BCUT2D eigenvalue weighted by molar-refractivity contribution is 9.10. The molecule has 0 saturated carbocycles. The molecular formula is C12H8BrCl2NO2S. The second kappa shape index (κ2) is 5.71. The van der Waals surface area contributed by atoms with Crippen molar-refractivity contribution >= 4 is 54.8 Å². The molecule has 0 aliphatic rings. The van der Waals surface area contributed by atoms with E-state index in [1.807, 2.05) is 0 Å². The van der Waals surface area contributed by atoms with Crippen LogP contribution in [-0.4, -0.2) is 8.42 Å². The van der Waals surface area contributed by atoms with Gasteiger partial charge in [0.15, 0.2) is 0 Å². The van der Waals surface area contributed by atoms with Crippen molar-refractivity contribution in [1.82, 2.24) is 0 Å². The number of rotatable bonds is 3. The average molecular weight is 381 g/mol. The van der Waals surface area contributed by atoms with Crippen LogP contribution in [0.2, 0.25) is 10.0 Å². The molecule has 2 rings (SSSR count). The molecule has 0 fully saturated rings. The van der Waals surface area contributed by atoms with Crippen LogP contribution < -0.4 is 4.72 Å². The van der Waals surface area contributed by atoms with Crippen LogP contribution in [0.3, 0.4) is 0 Å². The number of anilines is 1. The van der Waals surface area contributed by atoms with Gasteiger partial charge in [0.05, 0.1) is 10.6 Å². The summed E-state index contributed by atoms with van der Waals surface area (Å²) in [5.74, 6) is 0. The summed E-state index contributed by atoms with van der Waals surface area (Å²) in [7, 11) is -3.67. The fraction of sp³-hybridized carbons (Fsp3) is 0. The average Bonchev–Trinajstić information content (AvgIpc) is 2.34. The van der Waals surface area contributed by atoms with E-state index in [1.54, 1.807) is 12.1 Å². The van der Waals surface area contributed by atoms with Crippen molar-refractivity contribution in [3.8, 4) is 0 Å². The highest BCUT2D eigenvalue weighted by Gasteiger charge is 2.15. The minimum Gasteiger partial charge on any atom is -0.278 e. The number of hydrogen-bond donors (Lipinski definition) is 1. The number of sulfonamides is 1. The molecule has 0 amide bonds. The first-order valence-electron chi connectivity index (χ1n) is 5.12. The van der Waals surface area contributed by atoms with Gasteiger partial charge in [-0.15, -0.1) is 0 Å². The lowest BCUT2D eigenvalue weighted by Crippen LogP contribution is -2.13. The lowest BCUT2D eigenvalue weighted by atomic mass is 10.3. The van der Waals surface area contributed by atoms with E-state index in [-0.39, 0.29) is 4.90 Å². The number of benzene rings is 2. The van der Waals surface area contributed by atoms with Gasteiger partial charge in [-0.1, -0.05) is 23.2 Å². The van der Waals surface area contributed by atoms with Gasteiger partial charge in [-0.2, -0.15) is 0 Å². The van der Waals surface area contributed by atoms with Gasteiger partial charge in [0.2, 0.25) is 0 Å². The predicted octanol–water partition coefficient (Wildman–Crippen LogP) is 4.56. The minimum absolute atomic E-state index is 0.128. The maximum atomic E-state index is 12.2. The Morgan fingerprint density at radius 2 is 1.53 bits per heavy atom. The van der Waals surface area contributed by atoms with Gasteiger partial charge in [-0.3, -0.25) is 4.72 Å². The van der Waals surface area contributed by atoms with Crippen molar-refractivity contribution in [2.75, 3.05) is 4.72 Å². The summed E-state index contributed by atoms with van der Waals surface area (Å²) in [4.78, 5) is 0.128. The fourth-order valence-electron chi connectivity index (χ4n) is 1.39. The van der Waals surface area contributed by atoms with Crippen LogP contribution in [0.15, 0.2) is 51.8 Å². The zero-order valence-electron chi connectivity index (χ0n) is 9.40. The minimum atomic E-state index is -3.67. The molecule has 0 radical (unpaired) electrons.